The Kier molecular flexibility index (Phi) is 4.11. The van der Waals surface area contributed by atoms with Crippen LogP contribution in [0.15, 0.2) is 91.0 Å². The van der Waals surface area contributed by atoms with Gasteiger partial charge >= 0.3 is 0 Å². The molecule has 0 bridgehead atoms. The van der Waals surface area contributed by atoms with Gasteiger partial charge in [0.15, 0.2) is 0 Å². The number of nitrogens with zero attached hydrogens (tertiary/aromatic N) is 3. The van der Waals surface area contributed by atoms with Crippen molar-refractivity contribution in [3.8, 4) is 16.9 Å². The molecular weight excluding hydrogens is 310 g/mol. The lowest BCUT2D eigenvalue weighted by molar-refractivity contribution is 0.216. The summed E-state index contributed by atoms with van der Waals surface area (Å²) in [6.45, 7) is 0. The van der Waals surface area contributed by atoms with Crippen LogP contribution in [0.2, 0.25) is 0 Å². The molecule has 4 heteroatoms. The molecule has 0 aliphatic carbocycles. The fraction of sp³-hybridized carbons (Fsp3) is 0.0476. The third-order valence-corrected chi connectivity index (χ3v) is 4.12. The molecule has 0 aliphatic heterocycles. The minimum absolute atomic E-state index is 0.543. The predicted molar refractivity (Wildman–Crippen MR) is 97.3 cm³/mol. The molecule has 4 rings (SSSR count). The molecule has 4 aromatic rings. The van der Waals surface area contributed by atoms with E-state index in [2.05, 4.69) is 10.3 Å². The van der Waals surface area contributed by atoms with Crippen LogP contribution in [0.5, 0.6) is 0 Å². The summed E-state index contributed by atoms with van der Waals surface area (Å²) in [6, 6.07) is 29.2. The first-order valence-electron chi connectivity index (χ1n) is 8.14. The minimum Gasteiger partial charge on any atom is -0.382 e. The van der Waals surface area contributed by atoms with Gasteiger partial charge in [-0.15, -0.1) is 5.10 Å². The average molecular weight is 327 g/mol. The Bertz CT molecular complexity index is 950. The van der Waals surface area contributed by atoms with Gasteiger partial charge in [0.1, 0.15) is 17.5 Å². The predicted octanol–water partition coefficient (Wildman–Crippen LogP) is 4.02. The van der Waals surface area contributed by atoms with Crippen LogP contribution in [-0.4, -0.2) is 20.1 Å². The van der Waals surface area contributed by atoms with Crippen LogP contribution in [0.25, 0.3) is 16.9 Å². The first kappa shape index (κ1) is 15.3. The second-order valence-electron chi connectivity index (χ2n) is 5.75. The van der Waals surface area contributed by atoms with E-state index in [-0.39, 0.29) is 0 Å². The van der Waals surface area contributed by atoms with E-state index >= 15 is 0 Å². The number of aliphatic hydroxyl groups is 1. The van der Waals surface area contributed by atoms with E-state index in [9.17, 15) is 5.11 Å². The number of benzene rings is 3. The number of aliphatic hydroxyl groups excluding tert-OH is 1. The van der Waals surface area contributed by atoms with Crippen LogP contribution < -0.4 is 0 Å². The van der Waals surface area contributed by atoms with Gasteiger partial charge in [0.05, 0.1) is 5.69 Å². The van der Waals surface area contributed by atoms with E-state index in [0.717, 1.165) is 22.5 Å². The Morgan fingerprint density at radius 1 is 0.720 bits per heavy atom. The van der Waals surface area contributed by atoms with Gasteiger partial charge in [0.25, 0.3) is 0 Å². The molecule has 1 aromatic heterocycles. The summed E-state index contributed by atoms with van der Waals surface area (Å²) in [5.74, 6) is 0. The molecular formula is C21H17N3O. The number of hydrogen-bond acceptors (Lipinski definition) is 3. The molecule has 1 unspecified atom stereocenters. The van der Waals surface area contributed by atoms with E-state index in [1.807, 2.05) is 91.0 Å². The van der Waals surface area contributed by atoms with Crippen molar-refractivity contribution in [2.45, 2.75) is 6.10 Å². The highest BCUT2D eigenvalue weighted by Crippen LogP contribution is 2.31. The fourth-order valence-corrected chi connectivity index (χ4v) is 2.89. The van der Waals surface area contributed by atoms with Crippen LogP contribution in [0, 0.1) is 0 Å². The van der Waals surface area contributed by atoms with Gasteiger partial charge in [-0.3, -0.25) is 0 Å². The molecule has 0 spiro atoms. The van der Waals surface area contributed by atoms with Crippen LogP contribution in [0.3, 0.4) is 0 Å². The Labute approximate surface area is 146 Å². The van der Waals surface area contributed by atoms with E-state index in [0.29, 0.717) is 5.69 Å². The third-order valence-electron chi connectivity index (χ3n) is 4.12. The second kappa shape index (κ2) is 6.71. The highest BCUT2D eigenvalue weighted by Gasteiger charge is 2.23. The summed E-state index contributed by atoms with van der Waals surface area (Å²) >= 11 is 0. The van der Waals surface area contributed by atoms with Crippen molar-refractivity contribution in [1.29, 1.82) is 0 Å². The van der Waals surface area contributed by atoms with Gasteiger partial charge in [0, 0.05) is 5.56 Å². The first-order chi connectivity index (χ1) is 12.3. The molecule has 0 amide bonds. The number of para-hydroxylation sites is 1. The van der Waals surface area contributed by atoms with Crippen LogP contribution in [-0.2, 0) is 0 Å². The largest absolute Gasteiger partial charge is 0.382 e. The van der Waals surface area contributed by atoms with Gasteiger partial charge in [-0.05, 0) is 17.7 Å². The second-order valence-corrected chi connectivity index (χ2v) is 5.75. The first-order valence-corrected chi connectivity index (χ1v) is 8.14. The van der Waals surface area contributed by atoms with Crippen molar-refractivity contribution in [3.05, 3.63) is 102 Å². The molecule has 1 heterocycles. The van der Waals surface area contributed by atoms with Gasteiger partial charge in [-0.2, -0.15) is 0 Å². The fourth-order valence-electron chi connectivity index (χ4n) is 2.89. The van der Waals surface area contributed by atoms with Gasteiger partial charge in [-0.25, -0.2) is 4.68 Å². The lowest BCUT2D eigenvalue weighted by Crippen LogP contribution is -2.04. The molecule has 1 atom stereocenters. The molecule has 0 radical (unpaired) electrons. The van der Waals surface area contributed by atoms with Gasteiger partial charge in [0.2, 0.25) is 0 Å². The Morgan fingerprint density at radius 2 is 1.28 bits per heavy atom. The third kappa shape index (κ3) is 2.95. The van der Waals surface area contributed by atoms with Crippen LogP contribution >= 0.6 is 0 Å². The maximum atomic E-state index is 10.9. The lowest BCUT2D eigenvalue weighted by atomic mass is 10.0. The zero-order valence-electron chi connectivity index (χ0n) is 13.5. The van der Waals surface area contributed by atoms with E-state index in [1.165, 1.54) is 0 Å². The summed E-state index contributed by atoms with van der Waals surface area (Å²) in [5.41, 5.74) is 3.99. The summed E-state index contributed by atoms with van der Waals surface area (Å²) < 4.78 is 1.77. The normalized spacial score (nSPS) is 12.0. The quantitative estimate of drug-likeness (QED) is 0.616. The summed E-state index contributed by atoms with van der Waals surface area (Å²) in [7, 11) is 0. The topological polar surface area (TPSA) is 50.9 Å². The maximum Gasteiger partial charge on any atom is 0.125 e. The Hall–Kier alpha value is -3.24. The highest BCUT2D eigenvalue weighted by molar-refractivity contribution is 5.65. The van der Waals surface area contributed by atoms with E-state index < -0.39 is 6.10 Å². The van der Waals surface area contributed by atoms with E-state index in [4.69, 9.17) is 0 Å². The molecule has 0 saturated heterocycles. The summed E-state index contributed by atoms with van der Waals surface area (Å²) in [6.07, 6.45) is -0.839. The summed E-state index contributed by atoms with van der Waals surface area (Å²) in [5, 5.41) is 19.5. The average Bonchev–Trinajstić information content (AvgIpc) is 3.14. The number of rotatable bonds is 4. The Balaban J connectivity index is 1.90. The minimum atomic E-state index is -0.839. The van der Waals surface area contributed by atoms with Crippen LogP contribution in [0.1, 0.15) is 17.4 Å². The van der Waals surface area contributed by atoms with Crippen molar-refractivity contribution in [2.24, 2.45) is 0 Å². The maximum absolute atomic E-state index is 10.9. The number of aromatic nitrogens is 3. The van der Waals surface area contributed by atoms with Crippen molar-refractivity contribution in [2.75, 3.05) is 0 Å². The summed E-state index contributed by atoms with van der Waals surface area (Å²) in [4.78, 5) is 0. The van der Waals surface area contributed by atoms with Gasteiger partial charge in [-0.1, -0.05) is 84.1 Å². The van der Waals surface area contributed by atoms with Crippen molar-refractivity contribution in [3.63, 3.8) is 0 Å². The molecule has 0 aliphatic rings. The van der Waals surface area contributed by atoms with Crippen molar-refractivity contribution in [1.82, 2.24) is 15.0 Å². The molecule has 1 N–H and O–H groups in total. The zero-order valence-corrected chi connectivity index (χ0v) is 13.5. The SMILES string of the molecule is OC(c1ccccc1)c1nnn(-c2ccccc2)c1-c1ccccc1. The van der Waals surface area contributed by atoms with E-state index in [1.54, 1.807) is 4.68 Å². The Morgan fingerprint density at radius 3 is 1.92 bits per heavy atom. The molecule has 0 saturated carbocycles. The van der Waals surface area contributed by atoms with Crippen LogP contribution in [0.4, 0.5) is 0 Å². The smallest absolute Gasteiger partial charge is 0.125 e. The molecule has 25 heavy (non-hydrogen) atoms. The lowest BCUT2D eigenvalue weighted by Gasteiger charge is -2.12. The van der Waals surface area contributed by atoms with Crippen molar-refractivity contribution >= 4 is 0 Å². The monoisotopic (exact) mass is 327 g/mol. The highest BCUT2D eigenvalue weighted by atomic mass is 16.3. The standard InChI is InChI=1S/C21H17N3O/c25-21(17-12-6-2-7-13-17)19-20(16-10-4-1-5-11-16)24(23-22-19)18-14-8-3-9-15-18/h1-15,21,25H. The van der Waals surface area contributed by atoms with Gasteiger partial charge < -0.3 is 5.11 Å². The zero-order chi connectivity index (χ0) is 17.1. The number of hydrogen-bond donors (Lipinski definition) is 1. The molecule has 4 nitrogen and oxygen atoms in total. The molecule has 3 aromatic carbocycles. The van der Waals surface area contributed by atoms with Crippen molar-refractivity contribution < 1.29 is 5.11 Å². The molecule has 0 fully saturated rings. The molecule has 122 valence electrons.